The second-order valence-corrected chi connectivity index (χ2v) is 4.08. The second kappa shape index (κ2) is 5.05. The number of aromatic hydroxyl groups is 2. The molecule has 96 valence electrons. The fourth-order valence-corrected chi connectivity index (χ4v) is 1.66. The van der Waals surface area contributed by atoms with Crippen LogP contribution in [-0.2, 0) is 6.54 Å². The number of hydrogen-bond donors (Lipinski definition) is 3. The number of aromatic nitrogens is 2. The van der Waals surface area contributed by atoms with E-state index in [2.05, 4.69) is 15.5 Å². The van der Waals surface area contributed by atoms with Crippen molar-refractivity contribution in [3.05, 3.63) is 35.5 Å². The van der Waals surface area contributed by atoms with Gasteiger partial charge in [-0.15, -0.1) is 0 Å². The lowest BCUT2D eigenvalue weighted by molar-refractivity contribution is 0.355. The van der Waals surface area contributed by atoms with Gasteiger partial charge in [-0.05, 0) is 19.9 Å². The van der Waals surface area contributed by atoms with Gasteiger partial charge >= 0.3 is 0 Å². The number of rotatable bonds is 4. The van der Waals surface area contributed by atoms with Gasteiger partial charge in [0, 0.05) is 17.7 Å². The van der Waals surface area contributed by atoms with Crippen molar-refractivity contribution in [2.45, 2.75) is 26.4 Å². The van der Waals surface area contributed by atoms with Crippen LogP contribution in [0.25, 0.3) is 0 Å². The predicted octanol–water partition coefficient (Wildman–Crippen LogP) is 1.64. The number of benzene rings is 1. The third kappa shape index (κ3) is 2.78. The Morgan fingerprint density at radius 3 is 2.78 bits per heavy atom. The molecular weight excluding hydrogens is 234 g/mol. The van der Waals surface area contributed by atoms with Crippen LogP contribution in [0, 0.1) is 6.92 Å². The quantitative estimate of drug-likeness (QED) is 0.763. The van der Waals surface area contributed by atoms with E-state index in [1.165, 1.54) is 12.1 Å². The third-order valence-corrected chi connectivity index (χ3v) is 2.61. The summed E-state index contributed by atoms with van der Waals surface area (Å²) >= 11 is 0. The highest BCUT2D eigenvalue weighted by molar-refractivity contribution is 5.40. The largest absolute Gasteiger partial charge is 0.508 e. The molecule has 6 heteroatoms. The molecule has 1 heterocycles. The first-order valence-corrected chi connectivity index (χ1v) is 5.60. The van der Waals surface area contributed by atoms with Gasteiger partial charge in [-0.1, -0.05) is 11.2 Å². The topological polar surface area (TPSA) is 91.4 Å². The van der Waals surface area contributed by atoms with Crippen LogP contribution in [0.1, 0.15) is 30.2 Å². The van der Waals surface area contributed by atoms with E-state index < -0.39 is 0 Å². The van der Waals surface area contributed by atoms with E-state index in [4.69, 9.17) is 4.52 Å². The molecule has 0 saturated carbocycles. The molecule has 0 fully saturated rings. The van der Waals surface area contributed by atoms with Gasteiger partial charge < -0.3 is 20.1 Å². The highest BCUT2D eigenvalue weighted by atomic mass is 16.5. The minimum Gasteiger partial charge on any atom is -0.508 e. The molecule has 0 aliphatic heterocycles. The minimum absolute atomic E-state index is 0.0379. The lowest BCUT2D eigenvalue weighted by Gasteiger charge is -2.14. The molecule has 2 aromatic rings. The van der Waals surface area contributed by atoms with Crippen molar-refractivity contribution in [1.82, 2.24) is 15.5 Å². The molecule has 1 unspecified atom stereocenters. The van der Waals surface area contributed by atoms with Crippen LogP contribution in [0.4, 0.5) is 0 Å². The van der Waals surface area contributed by atoms with Gasteiger partial charge in [-0.25, -0.2) is 0 Å². The van der Waals surface area contributed by atoms with Crippen molar-refractivity contribution in [2.24, 2.45) is 0 Å². The van der Waals surface area contributed by atoms with E-state index in [1.807, 2.05) is 6.92 Å². The van der Waals surface area contributed by atoms with E-state index in [0.29, 0.717) is 23.8 Å². The van der Waals surface area contributed by atoms with Gasteiger partial charge in [0.15, 0.2) is 5.82 Å². The molecule has 1 aromatic carbocycles. The molecule has 0 aliphatic rings. The van der Waals surface area contributed by atoms with Crippen molar-refractivity contribution < 1.29 is 14.7 Å². The molecule has 18 heavy (non-hydrogen) atoms. The molecule has 2 rings (SSSR count). The fourth-order valence-electron chi connectivity index (χ4n) is 1.66. The van der Waals surface area contributed by atoms with Crippen LogP contribution in [0.15, 0.2) is 22.7 Å². The van der Waals surface area contributed by atoms with Gasteiger partial charge in [-0.2, -0.15) is 4.98 Å². The molecule has 0 bridgehead atoms. The summed E-state index contributed by atoms with van der Waals surface area (Å²) in [6.07, 6.45) is 0. The maximum atomic E-state index is 9.71. The van der Waals surface area contributed by atoms with Gasteiger partial charge in [0.05, 0.1) is 6.54 Å². The zero-order valence-corrected chi connectivity index (χ0v) is 10.2. The second-order valence-electron chi connectivity index (χ2n) is 4.08. The highest BCUT2D eigenvalue weighted by Crippen LogP contribution is 2.27. The van der Waals surface area contributed by atoms with Crippen molar-refractivity contribution in [3.63, 3.8) is 0 Å². The van der Waals surface area contributed by atoms with Crippen LogP contribution >= 0.6 is 0 Å². The van der Waals surface area contributed by atoms with Crippen LogP contribution in [-0.4, -0.2) is 20.4 Å². The van der Waals surface area contributed by atoms with Crippen molar-refractivity contribution in [2.75, 3.05) is 0 Å². The molecule has 0 spiro atoms. The number of phenols is 2. The van der Waals surface area contributed by atoms with Gasteiger partial charge in [0.25, 0.3) is 0 Å². The van der Waals surface area contributed by atoms with Gasteiger partial charge in [0.1, 0.15) is 11.5 Å². The van der Waals surface area contributed by atoms with Crippen molar-refractivity contribution in [3.8, 4) is 11.5 Å². The first kappa shape index (κ1) is 12.4. The minimum atomic E-state index is -0.0993. The standard InChI is InChI=1S/C12H15N3O3/c1-7(10-4-3-9(16)5-11(10)17)13-6-12-14-8(2)15-18-12/h3-5,7,13,16-17H,6H2,1-2H3. The molecule has 3 N–H and O–H groups in total. The Bertz CT molecular complexity index is 539. The molecule has 1 aromatic heterocycles. The summed E-state index contributed by atoms with van der Waals surface area (Å²) in [6, 6.07) is 4.41. The molecule has 1 atom stereocenters. The van der Waals surface area contributed by atoms with Crippen LogP contribution < -0.4 is 5.32 Å². The monoisotopic (exact) mass is 249 g/mol. The number of phenolic OH excluding ortho intramolecular Hbond substituents is 2. The average Bonchev–Trinajstić information content (AvgIpc) is 2.72. The number of nitrogens with one attached hydrogen (secondary N) is 1. The molecule has 0 amide bonds. The summed E-state index contributed by atoms with van der Waals surface area (Å²) in [5.41, 5.74) is 0.698. The Kier molecular flexibility index (Phi) is 3.47. The van der Waals surface area contributed by atoms with E-state index in [1.54, 1.807) is 13.0 Å². The van der Waals surface area contributed by atoms with Crippen molar-refractivity contribution in [1.29, 1.82) is 0 Å². The fraction of sp³-hybridized carbons (Fsp3) is 0.333. The molecule has 0 aliphatic carbocycles. The molecule has 6 nitrogen and oxygen atoms in total. The van der Waals surface area contributed by atoms with Gasteiger partial charge in [0.2, 0.25) is 5.89 Å². The van der Waals surface area contributed by atoms with E-state index >= 15 is 0 Å². The lowest BCUT2D eigenvalue weighted by atomic mass is 10.1. The van der Waals surface area contributed by atoms with E-state index in [0.717, 1.165) is 0 Å². The van der Waals surface area contributed by atoms with Crippen LogP contribution in [0.5, 0.6) is 11.5 Å². The maximum Gasteiger partial charge on any atom is 0.240 e. The highest BCUT2D eigenvalue weighted by Gasteiger charge is 2.12. The Balaban J connectivity index is 2.01. The number of hydrogen-bond acceptors (Lipinski definition) is 6. The molecule has 0 saturated heterocycles. The zero-order chi connectivity index (χ0) is 13.1. The summed E-state index contributed by atoms with van der Waals surface area (Å²) in [6.45, 7) is 4.07. The summed E-state index contributed by atoms with van der Waals surface area (Å²) in [5, 5.41) is 25.8. The van der Waals surface area contributed by atoms with Crippen molar-refractivity contribution >= 4 is 0 Å². The van der Waals surface area contributed by atoms with Crippen LogP contribution in [0.2, 0.25) is 0 Å². The average molecular weight is 249 g/mol. The smallest absolute Gasteiger partial charge is 0.240 e. The number of aryl methyl sites for hydroxylation is 1. The summed E-state index contributed by atoms with van der Waals surface area (Å²) < 4.78 is 4.97. The Morgan fingerprint density at radius 2 is 2.17 bits per heavy atom. The molecular formula is C12H15N3O3. The first-order chi connectivity index (χ1) is 8.56. The normalized spacial score (nSPS) is 12.6. The SMILES string of the molecule is Cc1noc(CNC(C)c2ccc(O)cc2O)n1. The number of nitrogens with zero attached hydrogens (tertiary/aromatic N) is 2. The summed E-state index contributed by atoms with van der Waals surface area (Å²) in [7, 11) is 0. The summed E-state index contributed by atoms with van der Waals surface area (Å²) in [4.78, 5) is 4.07. The maximum absolute atomic E-state index is 9.71. The summed E-state index contributed by atoms with van der Waals surface area (Å²) in [5.74, 6) is 1.18. The van der Waals surface area contributed by atoms with E-state index in [-0.39, 0.29) is 17.5 Å². The van der Waals surface area contributed by atoms with Crippen LogP contribution in [0.3, 0.4) is 0 Å². The Labute approximate surface area is 104 Å². The molecule has 0 radical (unpaired) electrons. The lowest BCUT2D eigenvalue weighted by Crippen LogP contribution is -2.18. The first-order valence-electron chi connectivity index (χ1n) is 5.60. The Morgan fingerprint density at radius 1 is 1.39 bits per heavy atom. The van der Waals surface area contributed by atoms with E-state index in [9.17, 15) is 10.2 Å². The Hall–Kier alpha value is -2.08. The zero-order valence-electron chi connectivity index (χ0n) is 10.2. The third-order valence-electron chi connectivity index (χ3n) is 2.61. The van der Waals surface area contributed by atoms with Gasteiger partial charge in [-0.3, -0.25) is 0 Å². The predicted molar refractivity (Wildman–Crippen MR) is 64.1 cm³/mol.